The molecule has 1 rings (SSSR count). The highest BCUT2D eigenvalue weighted by Gasteiger charge is 2.00. The number of nitrogens with one attached hydrogen (secondary N) is 2. The summed E-state index contributed by atoms with van der Waals surface area (Å²) in [5.74, 6) is 1.45. The molecule has 0 saturated heterocycles. The van der Waals surface area contributed by atoms with Crippen molar-refractivity contribution >= 4 is 23.0 Å². The van der Waals surface area contributed by atoms with Crippen molar-refractivity contribution in [2.45, 2.75) is 33.8 Å². The van der Waals surface area contributed by atoms with Gasteiger partial charge >= 0.3 is 0 Å². The Labute approximate surface area is 115 Å². The molecule has 0 spiro atoms. The van der Waals surface area contributed by atoms with Gasteiger partial charge in [0.05, 0.1) is 6.10 Å². The Hall–Kier alpha value is -1.29. The van der Waals surface area contributed by atoms with Crippen LogP contribution in [0.5, 0.6) is 5.75 Å². The van der Waals surface area contributed by atoms with Crippen LogP contribution in [0, 0.1) is 5.92 Å². The van der Waals surface area contributed by atoms with Gasteiger partial charge in [-0.15, -0.1) is 0 Å². The topological polar surface area (TPSA) is 33.3 Å². The molecular weight excluding hydrogens is 244 g/mol. The van der Waals surface area contributed by atoms with Crippen LogP contribution in [0.15, 0.2) is 24.3 Å². The van der Waals surface area contributed by atoms with Gasteiger partial charge in [0.2, 0.25) is 0 Å². The first-order valence-electron chi connectivity index (χ1n) is 6.29. The third-order valence-corrected chi connectivity index (χ3v) is 2.40. The first-order chi connectivity index (χ1) is 8.47. The molecule has 1 aromatic carbocycles. The van der Waals surface area contributed by atoms with Crippen LogP contribution >= 0.6 is 12.2 Å². The van der Waals surface area contributed by atoms with Gasteiger partial charge < -0.3 is 15.4 Å². The standard InChI is InChI=1S/C14H22N2OS/c1-10(2)9-15-14(18)16-12-5-7-13(8-6-12)17-11(3)4/h5-8,10-11H,9H2,1-4H3,(H2,15,16,18). The molecule has 1 aromatic rings. The Bertz CT molecular complexity index is 374. The van der Waals surface area contributed by atoms with Gasteiger partial charge in [-0.2, -0.15) is 0 Å². The molecule has 0 radical (unpaired) electrons. The van der Waals surface area contributed by atoms with E-state index in [1.807, 2.05) is 38.1 Å². The van der Waals surface area contributed by atoms with E-state index >= 15 is 0 Å². The van der Waals surface area contributed by atoms with E-state index in [0.717, 1.165) is 18.0 Å². The lowest BCUT2D eigenvalue weighted by atomic mass is 10.2. The molecule has 0 atom stereocenters. The Morgan fingerprint density at radius 2 is 1.78 bits per heavy atom. The fraction of sp³-hybridized carbons (Fsp3) is 0.500. The van der Waals surface area contributed by atoms with Crippen LogP contribution in [0.1, 0.15) is 27.7 Å². The van der Waals surface area contributed by atoms with E-state index in [-0.39, 0.29) is 6.10 Å². The van der Waals surface area contributed by atoms with E-state index in [1.54, 1.807) is 0 Å². The molecule has 0 aliphatic carbocycles. The van der Waals surface area contributed by atoms with Crippen LogP contribution in [0.4, 0.5) is 5.69 Å². The lowest BCUT2D eigenvalue weighted by molar-refractivity contribution is 0.242. The van der Waals surface area contributed by atoms with Gasteiger partial charge in [-0.3, -0.25) is 0 Å². The first kappa shape index (κ1) is 14.8. The van der Waals surface area contributed by atoms with E-state index in [9.17, 15) is 0 Å². The maximum Gasteiger partial charge on any atom is 0.170 e. The van der Waals surface area contributed by atoms with E-state index in [1.165, 1.54) is 0 Å². The van der Waals surface area contributed by atoms with Crippen LogP contribution in [-0.4, -0.2) is 17.8 Å². The molecule has 100 valence electrons. The molecule has 0 fully saturated rings. The summed E-state index contributed by atoms with van der Waals surface area (Å²) in [7, 11) is 0. The number of ether oxygens (including phenoxy) is 1. The van der Waals surface area contributed by atoms with Gasteiger partial charge in [-0.25, -0.2) is 0 Å². The molecule has 0 saturated carbocycles. The lowest BCUT2D eigenvalue weighted by Crippen LogP contribution is -2.31. The maximum absolute atomic E-state index is 5.58. The second kappa shape index (κ2) is 7.21. The summed E-state index contributed by atoms with van der Waals surface area (Å²) in [6.45, 7) is 9.19. The highest BCUT2D eigenvalue weighted by atomic mass is 32.1. The van der Waals surface area contributed by atoms with Crippen molar-refractivity contribution in [3.63, 3.8) is 0 Å². The second-order valence-corrected chi connectivity index (χ2v) is 5.33. The molecule has 0 bridgehead atoms. The monoisotopic (exact) mass is 266 g/mol. The highest BCUT2D eigenvalue weighted by molar-refractivity contribution is 7.80. The van der Waals surface area contributed by atoms with Crippen LogP contribution in [0.25, 0.3) is 0 Å². The van der Waals surface area contributed by atoms with Gasteiger partial charge in [0.25, 0.3) is 0 Å². The largest absolute Gasteiger partial charge is 0.491 e. The van der Waals surface area contributed by atoms with Gasteiger partial charge in [0.15, 0.2) is 5.11 Å². The summed E-state index contributed by atoms with van der Waals surface area (Å²) in [6, 6.07) is 7.79. The average Bonchev–Trinajstić information content (AvgIpc) is 2.28. The summed E-state index contributed by atoms with van der Waals surface area (Å²) >= 11 is 5.20. The minimum atomic E-state index is 0.192. The van der Waals surface area contributed by atoms with Crippen molar-refractivity contribution in [1.82, 2.24) is 5.32 Å². The lowest BCUT2D eigenvalue weighted by Gasteiger charge is -2.13. The molecule has 0 amide bonds. The molecule has 0 unspecified atom stereocenters. The number of anilines is 1. The van der Waals surface area contributed by atoms with Gasteiger partial charge in [-0.1, -0.05) is 13.8 Å². The van der Waals surface area contributed by atoms with Crippen LogP contribution < -0.4 is 15.4 Å². The van der Waals surface area contributed by atoms with Crippen molar-refractivity contribution in [2.75, 3.05) is 11.9 Å². The van der Waals surface area contributed by atoms with Gasteiger partial charge in [0.1, 0.15) is 5.75 Å². The summed E-state index contributed by atoms with van der Waals surface area (Å²) in [5, 5.41) is 6.96. The zero-order chi connectivity index (χ0) is 13.5. The average molecular weight is 266 g/mol. The summed E-state index contributed by atoms with van der Waals surface area (Å²) < 4.78 is 5.58. The predicted molar refractivity (Wildman–Crippen MR) is 81.3 cm³/mol. The third-order valence-electron chi connectivity index (χ3n) is 2.15. The van der Waals surface area contributed by atoms with E-state index < -0.39 is 0 Å². The van der Waals surface area contributed by atoms with Crippen molar-refractivity contribution in [3.8, 4) is 5.75 Å². The maximum atomic E-state index is 5.58. The van der Waals surface area contributed by atoms with E-state index in [2.05, 4.69) is 24.5 Å². The predicted octanol–water partition coefficient (Wildman–Crippen LogP) is 3.42. The van der Waals surface area contributed by atoms with Crippen molar-refractivity contribution in [3.05, 3.63) is 24.3 Å². The fourth-order valence-electron chi connectivity index (χ4n) is 1.36. The second-order valence-electron chi connectivity index (χ2n) is 4.92. The Morgan fingerprint density at radius 3 is 2.28 bits per heavy atom. The SMILES string of the molecule is CC(C)CNC(=S)Nc1ccc(OC(C)C)cc1. The molecule has 0 aromatic heterocycles. The van der Waals surface area contributed by atoms with Crippen molar-refractivity contribution in [2.24, 2.45) is 5.92 Å². The molecule has 4 heteroatoms. The first-order valence-corrected chi connectivity index (χ1v) is 6.69. The number of rotatable bonds is 5. The van der Waals surface area contributed by atoms with Crippen LogP contribution in [-0.2, 0) is 0 Å². The number of thiocarbonyl (C=S) groups is 1. The number of hydrogen-bond donors (Lipinski definition) is 2. The molecule has 0 aliphatic rings. The quantitative estimate of drug-likeness (QED) is 0.800. The smallest absolute Gasteiger partial charge is 0.170 e. The normalized spacial score (nSPS) is 10.6. The zero-order valence-corrected chi connectivity index (χ0v) is 12.3. The fourth-order valence-corrected chi connectivity index (χ4v) is 1.56. The van der Waals surface area contributed by atoms with E-state index in [4.69, 9.17) is 17.0 Å². The summed E-state index contributed by atoms with van der Waals surface area (Å²) in [5.41, 5.74) is 0.965. The summed E-state index contributed by atoms with van der Waals surface area (Å²) in [6.07, 6.45) is 0.192. The van der Waals surface area contributed by atoms with Crippen LogP contribution in [0.2, 0.25) is 0 Å². The minimum Gasteiger partial charge on any atom is -0.491 e. The molecule has 0 aliphatic heterocycles. The molecule has 0 heterocycles. The third kappa shape index (κ3) is 5.87. The Kier molecular flexibility index (Phi) is 5.92. The minimum absolute atomic E-state index is 0.192. The Balaban J connectivity index is 2.45. The number of hydrogen-bond acceptors (Lipinski definition) is 2. The molecule has 2 N–H and O–H groups in total. The molecule has 3 nitrogen and oxygen atoms in total. The summed E-state index contributed by atoms with van der Waals surface area (Å²) in [4.78, 5) is 0. The van der Waals surface area contributed by atoms with Crippen molar-refractivity contribution < 1.29 is 4.74 Å². The van der Waals surface area contributed by atoms with Crippen molar-refractivity contribution in [1.29, 1.82) is 0 Å². The number of benzene rings is 1. The molecular formula is C14H22N2OS. The Morgan fingerprint density at radius 1 is 1.17 bits per heavy atom. The van der Waals surface area contributed by atoms with Crippen LogP contribution in [0.3, 0.4) is 0 Å². The van der Waals surface area contributed by atoms with E-state index in [0.29, 0.717) is 11.0 Å². The zero-order valence-electron chi connectivity index (χ0n) is 11.5. The van der Waals surface area contributed by atoms with Gasteiger partial charge in [-0.05, 0) is 56.2 Å². The highest BCUT2D eigenvalue weighted by Crippen LogP contribution is 2.16. The van der Waals surface area contributed by atoms with Gasteiger partial charge in [0, 0.05) is 12.2 Å². The molecule has 18 heavy (non-hydrogen) atoms.